The van der Waals surface area contributed by atoms with Gasteiger partial charge in [0, 0.05) is 16.7 Å². The highest BCUT2D eigenvalue weighted by molar-refractivity contribution is 6.30. The van der Waals surface area contributed by atoms with Gasteiger partial charge in [-0.25, -0.2) is 9.67 Å². The number of benzene rings is 2. The maximum absolute atomic E-state index is 13.0. The number of fused-ring (bicyclic) bond motifs is 1. The Labute approximate surface area is 197 Å². The Bertz CT molecular complexity index is 1500. The fraction of sp³-hybridized carbons (Fsp3) is 0.182. The van der Waals surface area contributed by atoms with Crippen LogP contribution in [0.4, 0.5) is 0 Å². The van der Waals surface area contributed by atoms with Crippen LogP contribution in [0.15, 0.2) is 58.1 Å². The number of hydrogen-bond donors (Lipinski definition) is 0. The first-order valence-electron chi connectivity index (χ1n) is 10.1. The molecule has 0 bridgehead atoms. The van der Waals surface area contributed by atoms with Crippen molar-refractivity contribution in [1.82, 2.24) is 34.7 Å². The maximum Gasteiger partial charge on any atom is 0.283 e. The molecule has 11 nitrogen and oxygen atoms in total. The molecule has 0 saturated heterocycles. The molecule has 0 spiro atoms. The Morgan fingerprint density at radius 2 is 1.76 bits per heavy atom. The van der Waals surface area contributed by atoms with Crippen LogP contribution >= 0.6 is 11.6 Å². The standard InChI is InChI=1S/C22H18ClN7O4/c1-32-16-7-14(8-17(9-16)33-2)20-25-18(34-27-20)11-29-12-24-21-19(22(29)31)26-28-30(21)10-13-3-5-15(23)6-4-13/h3-9,12H,10-11H2,1-2H3. The zero-order chi connectivity index (χ0) is 23.7. The molecule has 0 amide bonds. The SMILES string of the molecule is COc1cc(OC)cc(-c2noc(Cn3cnc4c(nnn4Cc4ccc(Cl)cc4)c3=O)n2)c1. The molecule has 2 aromatic carbocycles. The van der Waals surface area contributed by atoms with E-state index in [0.717, 1.165) is 5.56 Å². The first-order chi connectivity index (χ1) is 16.5. The van der Waals surface area contributed by atoms with Crippen LogP contribution in [0.2, 0.25) is 5.02 Å². The van der Waals surface area contributed by atoms with Gasteiger partial charge in [-0.2, -0.15) is 4.98 Å². The number of ether oxygens (including phenoxy) is 2. The minimum absolute atomic E-state index is 0.0277. The van der Waals surface area contributed by atoms with Crippen molar-refractivity contribution in [2.45, 2.75) is 13.1 Å². The van der Waals surface area contributed by atoms with Crippen LogP contribution in [0.5, 0.6) is 11.5 Å². The third kappa shape index (κ3) is 4.20. The van der Waals surface area contributed by atoms with Gasteiger partial charge in [0.15, 0.2) is 11.2 Å². The van der Waals surface area contributed by atoms with E-state index in [-0.39, 0.29) is 23.5 Å². The second-order valence-corrected chi connectivity index (χ2v) is 7.77. The number of nitrogens with zero attached hydrogens (tertiary/aromatic N) is 7. The quantitative estimate of drug-likeness (QED) is 0.346. The minimum atomic E-state index is -0.366. The molecule has 3 heterocycles. The smallest absolute Gasteiger partial charge is 0.283 e. The summed E-state index contributed by atoms with van der Waals surface area (Å²) >= 11 is 5.94. The fourth-order valence-electron chi connectivity index (χ4n) is 3.39. The van der Waals surface area contributed by atoms with Gasteiger partial charge in [0.05, 0.1) is 20.8 Å². The van der Waals surface area contributed by atoms with E-state index < -0.39 is 0 Å². The van der Waals surface area contributed by atoms with E-state index in [1.807, 2.05) is 12.1 Å². The zero-order valence-electron chi connectivity index (χ0n) is 18.2. The molecule has 0 saturated carbocycles. The minimum Gasteiger partial charge on any atom is -0.497 e. The van der Waals surface area contributed by atoms with Gasteiger partial charge in [-0.1, -0.05) is 34.1 Å². The third-order valence-electron chi connectivity index (χ3n) is 5.12. The molecule has 5 aromatic rings. The Morgan fingerprint density at radius 3 is 2.47 bits per heavy atom. The van der Waals surface area contributed by atoms with E-state index in [9.17, 15) is 4.79 Å². The van der Waals surface area contributed by atoms with E-state index in [0.29, 0.717) is 40.1 Å². The van der Waals surface area contributed by atoms with E-state index in [2.05, 4.69) is 25.4 Å². The van der Waals surface area contributed by atoms with Gasteiger partial charge in [-0.3, -0.25) is 9.36 Å². The Morgan fingerprint density at radius 1 is 1.03 bits per heavy atom. The Balaban J connectivity index is 1.40. The van der Waals surface area contributed by atoms with Crippen molar-refractivity contribution in [2.75, 3.05) is 14.2 Å². The first kappa shape index (κ1) is 21.6. The monoisotopic (exact) mass is 479 g/mol. The van der Waals surface area contributed by atoms with Crippen molar-refractivity contribution in [1.29, 1.82) is 0 Å². The molecule has 34 heavy (non-hydrogen) atoms. The number of hydrogen-bond acceptors (Lipinski definition) is 9. The van der Waals surface area contributed by atoms with Gasteiger partial charge in [0.2, 0.25) is 11.7 Å². The third-order valence-corrected chi connectivity index (χ3v) is 5.37. The zero-order valence-corrected chi connectivity index (χ0v) is 18.9. The summed E-state index contributed by atoms with van der Waals surface area (Å²) in [7, 11) is 3.11. The molecule has 0 aliphatic rings. The Kier molecular flexibility index (Phi) is 5.68. The lowest BCUT2D eigenvalue weighted by Gasteiger charge is -2.05. The number of rotatable bonds is 7. The van der Waals surface area contributed by atoms with Crippen LogP contribution in [0.25, 0.3) is 22.6 Å². The lowest BCUT2D eigenvalue weighted by Crippen LogP contribution is -2.21. The maximum atomic E-state index is 13.0. The van der Waals surface area contributed by atoms with Crippen LogP contribution < -0.4 is 15.0 Å². The molecule has 3 aromatic heterocycles. The van der Waals surface area contributed by atoms with Gasteiger partial charge >= 0.3 is 0 Å². The number of methoxy groups -OCH3 is 2. The summed E-state index contributed by atoms with van der Waals surface area (Å²) in [4.78, 5) is 21.7. The van der Waals surface area contributed by atoms with Gasteiger partial charge in [0.25, 0.3) is 5.56 Å². The normalized spacial score (nSPS) is 11.1. The molecule has 0 fully saturated rings. The predicted octanol–water partition coefficient (Wildman–Crippen LogP) is 2.81. The van der Waals surface area contributed by atoms with E-state index >= 15 is 0 Å². The summed E-state index contributed by atoms with van der Waals surface area (Å²) in [5.41, 5.74) is 1.77. The number of halogens is 1. The molecule has 5 rings (SSSR count). The van der Waals surface area contributed by atoms with Crippen molar-refractivity contribution >= 4 is 22.8 Å². The van der Waals surface area contributed by atoms with Crippen LogP contribution in [-0.2, 0) is 13.1 Å². The Hall–Kier alpha value is -4.25. The summed E-state index contributed by atoms with van der Waals surface area (Å²) in [5, 5.41) is 12.8. The largest absolute Gasteiger partial charge is 0.497 e. The van der Waals surface area contributed by atoms with E-state index in [1.54, 1.807) is 49.2 Å². The molecule has 0 radical (unpaired) electrons. The molecular formula is C22H18ClN7O4. The van der Waals surface area contributed by atoms with Crippen molar-refractivity contribution in [3.05, 3.63) is 75.6 Å². The second-order valence-electron chi connectivity index (χ2n) is 7.34. The molecule has 0 aliphatic heterocycles. The average molecular weight is 480 g/mol. The van der Waals surface area contributed by atoms with Gasteiger partial charge in [-0.15, -0.1) is 5.10 Å². The highest BCUT2D eigenvalue weighted by Gasteiger charge is 2.16. The molecule has 0 atom stereocenters. The van der Waals surface area contributed by atoms with Crippen molar-refractivity contribution in [3.8, 4) is 22.9 Å². The topological polar surface area (TPSA) is 123 Å². The van der Waals surface area contributed by atoms with Crippen LogP contribution in [-0.4, -0.2) is 48.9 Å². The number of aromatic nitrogens is 7. The summed E-state index contributed by atoms with van der Waals surface area (Å²) in [6.45, 7) is 0.432. The lowest BCUT2D eigenvalue weighted by molar-refractivity contribution is 0.369. The van der Waals surface area contributed by atoms with E-state index in [1.165, 1.54) is 10.9 Å². The second kappa shape index (κ2) is 8.94. The van der Waals surface area contributed by atoms with Crippen LogP contribution in [0.3, 0.4) is 0 Å². The molecule has 0 unspecified atom stereocenters. The summed E-state index contributed by atoms with van der Waals surface area (Å²) in [6.07, 6.45) is 1.41. The lowest BCUT2D eigenvalue weighted by atomic mass is 10.2. The fourth-order valence-corrected chi connectivity index (χ4v) is 3.51. The van der Waals surface area contributed by atoms with Crippen molar-refractivity contribution in [2.24, 2.45) is 0 Å². The highest BCUT2D eigenvalue weighted by Crippen LogP contribution is 2.28. The van der Waals surface area contributed by atoms with E-state index in [4.69, 9.17) is 25.6 Å². The summed E-state index contributed by atoms with van der Waals surface area (Å²) < 4.78 is 18.8. The van der Waals surface area contributed by atoms with Crippen LogP contribution in [0, 0.1) is 0 Å². The molecule has 0 aliphatic carbocycles. The van der Waals surface area contributed by atoms with Crippen LogP contribution in [0.1, 0.15) is 11.5 Å². The summed E-state index contributed by atoms with van der Waals surface area (Å²) in [5.74, 6) is 1.75. The molecular weight excluding hydrogens is 462 g/mol. The molecule has 12 heteroatoms. The van der Waals surface area contributed by atoms with Gasteiger partial charge in [0.1, 0.15) is 24.4 Å². The predicted molar refractivity (Wildman–Crippen MR) is 122 cm³/mol. The summed E-state index contributed by atoms with van der Waals surface area (Å²) in [6, 6.07) is 12.6. The van der Waals surface area contributed by atoms with Crippen molar-refractivity contribution < 1.29 is 14.0 Å². The first-order valence-corrected chi connectivity index (χ1v) is 10.5. The average Bonchev–Trinajstić information content (AvgIpc) is 3.49. The molecule has 0 N–H and O–H groups in total. The molecule has 172 valence electrons. The highest BCUT2D eigenvalue weighted by atomic mass is 35.5. The van der Waals surface area contributed by atoms with Gasteiger partial charge in [-0.05, 0) is 29.8 Å². The van der Waals surface area contributed by atoms with Crippen molar-refractivity contribution in [3.63, 3.8) is 0 Å². The van der Waals surface area contributed by atoms with Gasteiger partial charge < -0.3 is 14.0 Å².